The number of hydrogen-bond acceptors (Lipinski definition) is 5. The fourth-order valence-electron chi connectivity index (χ4n) is 2.73. The van der Waals surface area contributed by atoms with Crippen LogP contribution in [0.25, 0.3) is 0 Å². The van der Waals surface area contributed by atoms with Crippen LogP contribution in [0.15, 0.2) is 42.6 Å². The predicted octanol–water partition coefficient (Wildman–Crippen LogP) is 2.34. The molecule has 2 heterocycles. The summed E-state index contributed by atoms with van der Waals surface area (Å²) in [4.78, 5) is 6.46. The molecule has 0 saturated carbocycles. The van der Waals surface area contributed by atoms with Gasteiger partial charge < -0.3 is 9.64 Å². The zero-order valence-electron chi connectivity index (χ0n) is 13.4. The fraction of sp³-hybridized carbons (Fsp3) is 0.353. The van der Waals surface area contributed by atoms with Gasteiger partial charge in [0.05, 0.1) is 12.4 Å². The summed E-state index contributed by atoms with van der Waals surface area (Å²) in [6.07, 6.45) is 2.66. The van der Waals surface area contributed by atoms with Crippen molar-refractivity contribution in [1.82, 2.24) is 4.98 Å². The number of anilines is 1. The van der Waals surface area contributed by atoms with E-state index < -0.39 is 9.84 Å². The molecular weight excluding hydrogens is 331 g/mol. The highest BCUT2D eigenvalue weighted by atomic mass is 32.2. The minimum atomic E-state index is -3.07. The Hall–Kier alpha value is -1.99. The van der Waals surface area contributed by atoms with Gasteiger partial charge in [-0.25, -0.2) is 17.8 Å². The molecular formula is C17H19FN2O3S. The zero-order valence-corrected chi connectivity index (χ0v) is 14.2. The molecule has 2 aromatic rings. The van der Waals surface area contributed by atoms with Gasteiger partial charge in [-0.2, -0.15) is 0 Å². The molecule has 0 N–H and O–H groups in total. The van der Waals surface area contributed by atoms with E-state index in [1.807, 2.05) is 6.07 Å². The highest BCUT2D eigenvalue weighted by Crippen LogP contribution is 2.25. The first-order chi connectivity index (χ1) is 11.4. The summed E-state index contributed by atoms with van der Waals surface area (Å²) in [5, 5.41) is 0. The molecule has 0 radical (unpaired) electrons. The van der Waals surface area contributed by atoms with Gasteiger partial charge in [0.15, 0.2) is 9.84 Å². The monoisotopic (exact) mass is 350 g/mol. The van der Waals surface area contributed by atoms with Gasteiger partial charge in [0, 0.05) is 25.5 Å². The highest BCUT2D eigenvalue weighted by Gasteiger charge is 2.23. The van der Waals surface area contributed by atoms with Crippen LogP contribution in [-0.2, 0) is 20.3 Å². The maximum absolute atomic E-state index is 13.0. The molecule has 1 fully saturated rings. The van der Waals surface area contributed by atoms with Gasteiger partial charge in [-0.1, -0.05) is 18.2 Å². The van der Waals surface area contributed by atoms with Crippen LogP contribution >= 0.6 is 0 Å². The van der Waals surface area contributed by atoms with E-state index in [-0.39, 0.29) is 17.7 Å². The zero-order chi connectivity index (χ0) is 17.2. The molecule has 0 amide bonds. The second-order valence-corrected chi connectivity index (χ2v) is 8.09. The molecule has 128 valence electrons. The second kappa shape index (κ2) is 6.86. The average molecular weight is 350 g/mol. The van der Waals surface area contributed by atoms with Crippen molar-refractivity contribution in [3.05, 3.63) is 59.5 Å². The van der Waals surface area contributed by atoms with Gasteiger partial charge in [-0.15, -0.1) is 0 Å². The van der Waals surface area contributed by atoms with Crippen LogP contribution < -0.4 is 4.90 Å². The molecule has 0 bridgehead atoms. The Labute approximate surface area is 141 Å². The molecule has 0 spiro atoms. The topological polar surface area (TPSA) is 59.5 Å². The largest absolute Gasteiger partial charge is 0.370 e. The van der Waals surface area contributed by atoms with E-state index in [1.54, 1.807) is 24.4 Å². The maximum Gasteiger partial charge on any atom is 0.151 e. The van der Waals surface area contributed by atoms with Crippen molar-refractivity contribution in [2.45, 2.75) is 11.9 Å². The molecule has 1 aromatic heterocycles. The SMILES string of the molecule is CS(=O)(=O)Cc1ccc(N2CCO[C@H](c3ccc(F)cc3)C2)nc1. The Kier molecular flexibility index (Phi) is 4.82. The van der Waals surface area contributed by atoms with E-state index in [0.717, 1.165) is 11.4 Å². The number of benzene rings is 1. The lowest BCUT2D eigenvalue weighted by Gasteiger charge is -2.34. The number of ether oxygens (including phenoxy) is 1. The molecule has 0 aliphatic carbocycles. The molecule has 7 heteroatoms. The van der Waals surface area contributed by atoms with E-state index in [2.05, 4.69) is 9.88 Å². The molecule has 24 heavy (non-hydrogen) atoms. The summed E-state index contributed by atoms with van der Waals surface area (Å²) in [6.45, 7) is 1.87. The summed E-state index contributed by atoms with van der Waals surface area (Å²) in [7, 11) is -3.07. The van der Waals surface area contributed by atoms with Gasteiger partial charge in [0.25, 0.3) is 0 Å². The lowest BCUT2D eigenvalue weighted by molar-refractivity contribution is 0.0395. The Balaban J connectivity index is 1.71. The van der Waals surface area contributed by atoms with Crippen LogP contribution in [0, 0.1) is 5.82 Å². The summed E-state index contributed by atoms with van der Waals surface area (Å²) in [6, 6.07) is 9.92. The van der Waals surface area contributed by atoms with Crippen molar-refractivity contribution in [3.63, 3.8) is 0 Å². The van der Waals surface area contributed by atoms with Crippen molar-refractivity contribution in [2.24, 2.45) is 0 Å². The third-order valence-electron chi connectivity index (χ3n) is 3.87. The Morgan fingerprint density at radius 2 is 2.00 bits per heavy atom. The summed E-state index contributed by atoms with van der Waals surface area (Å²) in [5.74, 6) is 0.499. The van der Waals surface area contributed by atoms with Crippen molar-refractivity contribution in [2.75, 3.05) is 30.9 Å². The predicted molar refractivity (Wildman–Crippen MR) is 90.1 cm³/mol. The summed E-state index contributed by atoms with van der Waals surface area (Å²) >= 11 is 0. The number of pyridine rings is 1. The molecule has 5 nitrogen and oxygen atoms in total. The van der Waals surface area contributed by atoms with E-state index in [9.17, 15) is 12.8 Å². The van der Waals surface area contributed by atoms with E-state index in [0.29, 0.717) is 25.3 Å². The van der Waals surface area contributed by atoms with Gasteiger partial charge in [0.2, 0.25) is 0 Å². The minimum Gasteiger partial charge on any atom is -0.370 e. The number of halogens is 1. The number of rotatable bonds is 4. The van der Waals surface area contributed by atoms with E-state index >= 15 is 0 Å². The number of aromatic nitrogens is 1. The van der Waals surface area contributed by atoms with Crippen LogP contribution in [0.5, 0.6) is 0 Å². The van der Waals surface area contributed by atoms with Gasteiger partial charge in [-0.3, -0.25) is 0 Å². The molecule has 3 rings (SSSR count). The van der Waals surface area contributed by atoms with Crippen molar-refractivity contribution < 1.29 is 17.5 Å². The van der Waals surface area contributed by atoms with Crippen molar-refractivity contribution in [1.29, 1.82) is 0 Å². The molecule has 1 aliphatic rings. The van der Waals surface area contributed by atoms with Crippen LogP contribution in [0.2, 0.25) is 0 Å². The average Bonchev–Trinajstić information content (AvgIpc) is 2.55. The third kappa shape index (κ3) is 4.30. The van der Waals surface area contributed by atoms with E-state index in [1.165, 1.54) is 18.4 Å². The third-order valence-corrected chi connectivity index (χ3v) is 4.73. The first-order valence-corrected chi connectivity index (χ1v) is 9.71. The Bertz CT molecular complexity index is 792. The van der Waals surface area contributed by atoms with E-state index in [4.69, 9.17) is 4.74 Å². The number of sulfone groups is 1. The molecule has 1 aromatic carbocycles. The minimum absolute atomic E-state index is 0.0123. The lowest BCUT2D eigenvalue weighted by Crippen LogP contribution is -2.38. The van der Waals surface area contributed by atoms with Crippen LogP contribution in [0.3, 0.4) is 0 Å². The Morgan fingerprint density at radius 1 is 1.25 bits per heavy atom. The highest BCUT2D eigenvalue weighted by molar-refractivity contribution is 7.89. The number of morpholine rings is 1. The molecule has 1 saturated heterocycles. The number of hydrogen-bond donors (Lipinski definition) is 0. The maximum atomic E-state index is 13.0. The van der Waals surface area contributed by atoms with Gasteiger partial charge in [0.1, 0.15) is 17.7 Å². The molecule has 1 atom stereocenters. The van der Waals surface area contributed by atoms with Crippen molar-refractivity contribution in [3.8, 4) is 0 Å². The lowest BCUT2D eigenvalue weighted by atomic mass is 10.1. The van der Waals surface area contributed by atoms with Gasteiger partial charge in [-0.05, 0) is 29.3 Å². The van der Waals surface area contributed by atoms with Gasteiger partial charge >= 0.3 is 0 Å². The Morgan fingerprint density at radius 3 is 2.62 bits per heavy atom. The molecule has 1 aliphatic heterocycles. The second-order valence-electron chi connectivity index (χ2n) is 5.95. The summed E-state index contributed by atoms with van der Waals surface area (Å²) < 4.78 is 41.5. The standard InChI is InChI=1S/C17H19FN2O3S/c1-24(21,22)12-13-2-7-17(19-10-13)20-8-9-23-16(11-20)14-3-5-15(18)6-4-14/h2-7,10,16H,8-9,11-12H2,1H3/t16-/m0/s1. The molecule has 0 unspecified atom stereocenters. The van der Waals surface area contributed by atoms with Crippen LogP contribution in [0.1, 0.15) is 17.2 Å². The van der Waals surface area contributed by atoms with Crippen LogP contribution in [-0.4, -0.2) is 39.4 Å². The summed E-state index contributed by atoms with van der Waals surface area (Å²) in [5.41, 5.74) is 1.60. The smallest absolute Gasteiger partial charge is 0.151 e. The quantitative estimate of drug-likeness (QED) is 0.847. The van der Waals surface area contributed by atoms with Crippen molar-refractivity contribution >= 4 is 15.7 Å². The first kappa shape index (κ1) is 16.9. The normalized spacial score (nSPS) is 18.6. The van der Waals surface area contributed by atoms with Crippen LogP contribution in [0.4, 0.5) is 10.2 Å². The first-order valence-electron chi connectivity index (χ1n) is 7.65. The fourth-order valence-corrected chi connectivity index (χ4v) is 3.50. The number of nitrogens with zero attached hydrogens (tertiary/aromatic N) is 2.